The fourth-order valence-corrected chi connectivity index (χ4v) is 3.51. The quantitative estimate of drug-likeness (QED) is 0.722. The van der Waals surface area contributed by atoms with E-state index in [0.717, 1.165) is 6.42 Å². The van der Waals surface area contributed by atoms with E-state index in [4.69, 9.17) is 0 Å². The summed E-state index contributed by atoms with van der Waals surface area (Å²) in [4.78, 5) is 0. The lowest BCUT2D eigenvalue weighted by molar-refractivity contribution is 0.594. The number of nitrogens with one attached hydrogen (secondary N) is 1. The van der Waals surface area contributed by atoms with E-state index in [-0.39, 0.29) is 11.7 Å². The van der Waals surface area contributed by atoms with Gasteiger partial charge in [-0.05, 0) is 22.8 Å². The van der Waals surface area contributed by atoms with Crippen LogP contribution in [0.15, 0.2) is 0 Å². The number of hydrogen-bond donors (Lipinski definition) is 1. The van der Waals surface area contributed by atoms with Crippen LogP contribution in [0.1, 0.15) is 6.42 Å². The van der Waals surface area contributed by atoms with Gasteiger partial charge in [-0.15, -0.1) is 0 Å². The zero-order valence-electron chi connectivity index (χ0n) is 8.42. The van der Waals surface area contributed by atoms with Gasteiger partial charge in [-0.2, -0.15) is 0 Å². The second kappa shape index (κ2) is 3.76. The smallest absolute Gasteiger partial charge is 0.242 e. The maximum atomic E-state index is 11.2. The van der Waals surface area contributed by atoms with Crippen molar-refractivity contribution in [3.05, 3.63) is 0 Å². The average Bonchev–Trinajstić information content (AvgIpc) is 2.69. The van der Waals surface area contributed by atoms with Crippen LogP contribution < -0.4 is 5.32 Å². The van der Waals surface area contributed by atoms with Gasteiger partial charge in [0.15, 0.2) is 9.84 Å². The van der Waals surface area contributed by atoms with Gasteiger partial charge in [-0.1, -0.05) is 5.10 Å². The Labute approximate surface area is 87.8 Å². The van der Waals surface area contributed by atoms with E-state index in [1.165, 1.54) is 4.68 Å². The molecule has 84 valence electrons. The molecule has 0 radical (unpaired) electrons. The van der Waals surface area contributed by atoms with Crippen LogP contribution in [-0.2, 0) is 16.9 Å². The fraction of sp³-hybridized carbons (Fsp3) is 0.857. The molecule has 2 rings (SSSR count). The molecule has 1 aromatic heterocycles. The predicted molar refractivity (Wildman–Crippen MR) is 54.0 cm³/mol. The molecule has 2 heterocycles. The Bertz CT molecular complexity index is 440. The zero-order valence-corrected chi connectivity index (χ0v) is 9.24. The average molecular weight is 231 g/mol. The van der Waals surface area contributed by atoms with Crippen LogP contribution in [-0.4, -0.2) is 46.7 Å². The van der Waals surface area contributed by atoms with Gasteiger partial charge in [0.1, 0.15) is 0 Å². The van der Waals surface area contributed by atoms with Gasteiger partial charge in [-0.3, -0.25) is 0 Å². The first-order valence-electron chi connectivity index (χ1n) is 4.73. The van der Waals surface area contributed by atoms with E-state index in [0.29, 0.717) is 18.2 Å². The van der Waals surface area contributed by atoms with Crippen molar-refractivity contribution >= 4 is 15.8 Å². The van der Waals surface area contributed by atoms with Crippen molar-refractivity contribution in [1.29, 1.82) is 0 Å². The number of aryl methyl sites for hydroxylation is 1. The Balaban J connectivity index is 1.88. The third-order valence-corrected chi connectivity index (χ3v) is 4.33. The molecular formula is C7H13N5O2S. The molecule has 0 spiro atoms. The molecule has 0 bridgehead atoms. The summed E-state index contributed by atoms with van der Waals surface area (Å²) >= 11 is 0. The van der Waals surface area contributed by atoms with Crippen LogP contribution >= 0.6 is 0 Å². The number of sulfone groups is 1. The number of rotatable bonds is 3. The van der Waals surface area contributed by atoms with Crippen molar-refractivity contribution in [2.45, 2.75) is 6.42 Å². The standard InChI is InChI=1S/C7H13N5O2S/c1-12-7(9-10-11-12)8-4-6-2-3-15(13,14)5-6/h6H,2-5H2,1H3,(H,8,9,11). The molecule has 0 aliphatic carbocycles. The van der Waals surface area contributed by atoms with Crippen LogP contribution in [0.5, 0.6) is 0 Å². The van der Waals surface area contributed by atoms with Gasteiger partial charge >= 0.3 is 0 Å². The number of tetrazole rings is 1. The van der Waals surface area contributed by atoms with E-state index in [9.17, 15) is 8.42 Å². The Morgan fingerprint density at radius 2 is 2.40 bits per heavy atom. The first kappa shape index (κ1) is 10.3. The molecule has 8 heteroatoms. The molecular weight excluding hydrogens is 218 g/mol. The van der Waals surface area contributed by atoms with Gasteiger partial charge in [0, 0.05) is 13.6 Å². The minimum atomic E-state index is -2.80. The molecule has 1 aliphatic heterocycles. The summed E-state index contributed by atoms with van der Waals surface area (Å²) < 4.78 is 23.9. The van der Waals surface area contributed by atoms with Gasteiger partial charge < -0.3 is 5.32 Å². The summed E-state index contributed by atoms with van der Waals surface area (Å²) in [5, 5.41) is 13.9. The van der Waals surface area contributed by atoms with Gasteiger partial charge in [0.25, 0.3) is 0 Å². The highest BCUT2D eigenvalue weighted by Crippen LogP contribution is 2.18. The van der Waals surface area contributed by atoms with Crippen molar-refractivity contribution in [2.75, 3.05) is 23.4 Å². The van der Waals surface area contributed by atoms with Crippen molar-refractivity contribution in [3.8, 4) is 0 Å². The molecule has 7 nitrogen and oxygen atoms in total. The topological polar surface area (TPSA) is 89.8 Å². The third kappa shape index (κ3) is 2.44. The largest absolute Gasteiger partial charge is 0.353 e. The molecule has 1 N–H and O–H groups in total. The fourth-order valence-electron chi connectivity index (χ4n) is 1.65. The van der Waals surface area contributed by atoms with Crippen molar-refractivity contribution < 1.29 is 8.42 Å². The molecule has 1 unspecified atom stereocenters. The summed E-state index contributed by atoms with van der Waals surface area (Å²) in [5.74, 6) is 1.31. The summed E-state index contributed by atoms with van der Waals surface area (Å²) in [6.07, 6.45) is 0.723. The van der Waals surface area contributed by atoms with Gasteiger partial charge in [0.05, 0.1) is 11.5 Å². The third-order valence-electron chi connectivity index (χ3n) is 2.50. The Morgan fingerprint density at radius 3 is 2.93 bits per heavy atom. The Kier molecular flexibility index (Phi) is 2.59. The van der Waals surface area contributed by atoms with Crippen LogP contribution in [0.25, 0.3) is 0 Å². The monoisotopic (exact) mass is 231 g/mol. The first-order chi connectivity index (χ1) is 7.07. The minimum Gasteiger partial charge on any atom is -0.353 e. The highest BCUT2D eigenvalue weighted by molar-refractivity contribution is 7.91. The van der Waals surface area contributed by atoms with E-state index in [1.54, 1.807) is 7.05 Å². The van der Waals surface area contributed by atoms with Gasteiger partial charge in [-0.25, -0.2) is 13.1 Å². The number of aromatic nitrogens is 4. The lowest BCUT2D eigenvalue weighted by Crippen LogP contribution is -2.17. The molecule has 1 aromatic rings. The van der Waals surface area contributed by atoms with Crippen molar-refractivity contribution in [3.63, 3.8) is 0 Å². The highest BCUT2D eigenvalue weighted by Gasteiger charge is 2.27. The normalized spacial score (nSPS) is 24.2. The minimum absolute atomic E-state index is 0.173. The maximum Gasteiger partial charge on any atom is 0.242 e. The second-order valence-electron chi connectivity index (χ2n) is 3.78. The molecule has 1 fully saturated rings. The molecule has 0 saturated carbocycles. The van der Waals surface area contributed by atoms with Crippen LogP contribution in [0, 0.1) is 5.92 Å². The van der Waals surface area contributed by atoms with Crippen molar-refractivity contribution in [2.24, 2.45) is 13.0 Å². The molecule has 0 amide bonds. The molecule has 0 aromatic carbocycles. The van der Waals surface area contributed by atoms with E-state index in [2.05, 4.69) is 20.8 Å². The van der Waals surface area contributed by atoms with E-state index < -0.39 is 9.84 Å². The number of hydrogen-bond acceptors (Lipinski definition) is 6. The van der Waals surface area contributed by atoms with Gasteiger partial charge in [0.2, 0.25) is 5.95 Å². The number of anilines is 1. The maximum absolute atomic E-state index is 11.2. The first-order valence-corrected chi connectivity index (χ1v) is 6.55. The van der Waals surface area contributed by atoms with E-state index >= 15 is 0 Å². The Morgan fingerprint density at radius 1 is 1.60 bits per heavy atom. The highest BCUT2D eigenvalue weighted by atomic mass is 32.2. The van der Waals surface area contributed by atoms with Crippen LogP contribution in [0.4, 0.5) is 5.95 Å². The summed E-state index contributed by atoms with van der Waals surface area (Å²) in [5.41, 5.74) is 0. The molecule has 1 saturated heterocycles. The predicted octanol–water partition coefficient (Wildman–Crippen LogP) is -0.943. The lowest BCUT2D eigenvalue weighted by Gasteiger charge is -2.08. The summed E-state index contributed by atoms with van der Waals surface area (Å²) in [6.45, 7) is 0.605. The molecule has 15 heavy (non-hydrogen) atoms. The summed E-state index contributed by atoms with van der Waals surface area (Å²) in [6, 6.07) is 0. The molecule has 1 atom stereocenters. The van der Waals surface area contributed by atoms with Crippen LogP contribution in [0.2, 0.25) is 0 Å². The summed E-state index contributed by atoms with van der Waals surface area (Å²) in [7, 11) is -1.07. The number of nitrogens with zero attached hydrogens (tertiary/aromatic N) is 4. The second-order valence-corrected chi connectivity index (χ2v) is 6.00. The molecule has 1 aliphatic rings. The van der Waals surface area contributed by atoms with Crippen LogP contribution in [0.3, 0.4) is 0 Å². The van der Waals surface area contributed by atoms with E-state index in [1.807, 2.05) is 0 Å². The van der Waals surface area contributed by atoms with Crippen molar-refractivity contribution in [1.82, 2.24) is 20.2 Å². The SMILES string of the molecule is Cn1nnnc1NCC1CCS(=O)(=O)C1. The zero-order chi connectivity index (χ0) is 10.9. The lowest BCUT2D eigenvalue weighted by atomic mass is 10.1. The Hall–Kier alpha value is -1.18.